The molecule has 2 aromatic heterocycles. The molecule has 0 aliphatic carbocycles. The molecule has 3 rings (SSSR count). The van der Waals surface area contributed by atoms with Crippen LogP contribution in [0.4, 0.5) is 4.39 Å². The lowest BCUT2D eigenvalue weighted by molar-refractivity contribution is 0.628. The Morgan fingerprint density at radius 2 is 1.82 bits per heavy atom. The van der Waals surface area contributed by atoms with Crippen LogP contribution in [-0.4, -0.2) is 20.2 Å². The van der Waals surface area contributed by atoms with Crippen molar-refractivity contribution in [2.75, 3.05) is 0 Å². The third kappa shape index (κ3) is 3.59. The zero-order chi connectivity index (χ0) is 13.9. The largest absolute Gasteiger partial charge is 0.326 e. The Hall–Kier alpha value is -2.02. The van der Waals surface area contributed by atoms with E-state index in [1.807, 2.05) is 6.07 Å². The van der Waals surface area contributed by atoms with Crippen molar-refractivity contribution in [3.8, 4) is 22.6 Å². The quantitative estimate of drug-likeness (QED) is 0.767. The highest BCUT2D eigenvalue weighted by Crippen LogP contribution is 2.25. The molecule has 3 aromatic rings. The number of pyridine rings is 1. The van der Waals surface area contributed by atoms with E-state index in [1.165, 1.54) is 18.5 Å². The van der Waals surface area contributed by atoms with Crippen molar-refractivity contribution in [2.45, 2.75) is 6.54 Å². The molecule has 0 amide bonds. The number of halogens is 3. The second-order valence-corrected chi connectivity index (χ2v) is 4.27. The van der Waals surface area contributed by atoms with Crippen molar-refractivity contribution in [3.05, 3.63) is 54.2 Å². The van der Waals surface area contributed by atoms with E-state index in [1.54, 1.807) is 18.3 Å². The maximum atomic E-state index is 13.0. The van der Waals surface area contributed by atoms with Crippen LogP contribution in [0.25, 0.3) is 22.6 Å². The van der Waals surface area contributed by atoms with Gasteiger partial charge in [-0.2, -0.15) is 5.10 Å². The van der Waals surface area contributed by atoms with E-state index in [-0.39, 0.29) is 30.6 Å². The van der Waals surface area contributed by atoms with Gasteiger partial charge in [-0.25, -0.2) is 9.37 Å². The van der Waals surface area contributed by atoms with E-state index in [4.69, 9.17) is 5.73 Å². The number of rotatable bonds is 3. The summed E-state index contributed by atoms with van der Waals surface area (Å²) in [4.78, 5) is 8.49. The van der Waals surface area contributed by atoms with Gasteiger partial charge in [0.1, 0.15) is 12.1 Å². The third-order valence-electron chi connectivity index (χ3n) is 3.02. The second kappa shape index (κ2) is 7.84. The van der Waals surface area contributed by atoms with Crippen molar-refractivity contribution < 1.29 is 4.39 Å². The molecular weight excluding hydrogens is 328 g/mol. The van der Waals surface area contributed by atoms with E-state index in [0.29, 0.717) is 12.4 Å². The fourth-order valence-electron chi connectivity index (χ4n) is 1.98. The van der Waals surface area contributed by atoms with Gasteiger partial charge in [-0.15, -0.1) is 24.8 Å². The summed E-state index contributed by atoms with van der Waals surface area (Å²) in [7, 11) is 0. The van der Waals surface area contributed by atoms with Crippen LogP contribution in [-0.2, 0) is 6.54 Å². The molecule has 5 nitrogen and oxygen atoms in total. The van der Waals surface area contributed by atoms with Crippen LogP contribution in [0.1, 0.15) is 5.56 Å². The summed E-state index contributed by atoms with van der Waals surface area (Å²) >= 11 is 0. The topological polar surface area (TPSA) is 80.5 Å². The van der Waals surface area contributed by atoms with Gasteiger partial charge in [0, 0.05) is 23.9 Å². The highest BCUT2D eigenvalue weighted by Gasteiger charge is 2.10. The maximum Gasteiger partial charge on any atom is 0.155 e. The average Bonchev–Trinajstić information content (AvgIpc) is 3.01. The van der Waals surface area contributed by atoms with E-state index in [0.717, 1.165) is 22.4 Å². The predicted molar refractivity (Wildman–Crippen MR) is 87.4 cm³/mol. The van der Waals surface area contributed by atoms with Gasteiger partial charge in [0.25, 0.3) is 0 Å². The number of nitrogens with two attached hydrogens (primary N) is 1. The molecule has 0 atom stereocenters. The van der Waals surface area contributed by atoms with Crippen LogP contribution in [0.15, 0.2) is 42.9 Å². The van der Waals surface area contributed by atoms with Crippen LogP contribution < -0.4 is 5.73 Å². The first-order valence-electron chi connectivity index (χ1n) is 6.08. The molecule has 0 spiro atoms. The third-order valence-corrected chi connectivity index (χ3v) is 3.02. The molecule has 22 heavy (non-hydrogen) atoms. The number of hydrogen-bond acceptors (Lipinski definition) is 4. The van der Waals surface area contributed by atoms with Gasteiger partial charge in [-0.1, -0.05) is 0 Å². The summed E-state index contributed by atoms with van der Waals surface area (Å²) in [6, 6.07) is 8.05. The molecule has 3 N–H and O–H groups in total. The van der Waals surface area contributed by atoms with Crippen LogP contribution in [0.2, 0.25) is 0 Å². The lowest BCUT2D eigenvalue weighted by atomic mass is 10.0. The number of aromatic nitrogens is 4. The molecular formula is C14H14Cl2FN5. The van der Waals surface area contributed by atoms with Crippen molar-refractivity contribution in [1.82, 2.24) is 20.2 Å². The normalized spacial score (nSPS) is 9.73. The van der Waals surface area contributed by atoms with Gasteiger partial charge in [0.15, 0.2) is 5.82 Å². The molecule has 116 valence electrons. The van der Waals surface area contributed by atoms with Crippen LogP contribution in [0.5, 0.6) is 0 Å². The van der Waals surface area contributed by atoms with E-state index in [9.17, 15) is 4.39 Å². The summed E-state index contributed by atoms with van der Waals surface area (Å²) in [5, 5.41) is 6.65. The van der Waals surface area contributed by atoms with Gasteiger partial charge in [-0.3, -0.25) is 10.1 Å². The average molecular weight is 342 g/mol. The highest BCUT2D eigenvalue weighted by atomic mass is 35.5. The van der Waals surface area contributed by atoms with Crippen molar-refractivity contribution in [2.24, 2.45) is 5.73 Å². The molecule has 0 saturated heterocycles. The van der Waals surface area contributed by atoms with Crippen LogP contribution >= 0.6 is 24.8 Å². The Bertz CT molecular complexity index is 717. The van der Waals surface area contributed by atoms with Gasteiger partial charge in [0.05, 0.1) is 5.69 Å². The van der Waals surface area contributed by atoms with Gasteiger partial charge in [-0.05, 0) is 35.9 Å². The zero-order valence-corrected chi connectivity index (χ0v) is 13.0. The minimum Gasteiger partial charge on any atom is -0.326 e. The molecule has 0 unspecified atom stereocenters. The molecule has 0 fully saturated rings. The number of H-pyrrole nitrogens is 1. The Labute approximate surface area is 139 Å². The number of aromatic amines is 1. The molecule has 0 aliphatic heterocycles. The Balaban J connectivity index is 0.00000121. The van der Waals surface area contributed by atoms with E-state index in [2.05, 4.69) is 20.2 Å². The minimum atomic E-state index is -0.275. The maximum absolute atomic E-state index is 13.0. The standard InChI is InChI=1S/C14H12FN5.2ClH/c15-11-3-1-9(2-4-11)13-5-12(10(6-16)7-17-13)14-18-8-19-20-14;;/h1-5,7-8H,6,16H2,(H,18,19,20);2*1H. The first kappa shape index (κ1) is 18.0. The SMILES string of the molecule is Cl.Cl.NCc1cnc(-c2ccc(F)cc2)cc1-c1ncn[nH]1. The fraction of sp³-hybridized carbons (Fsp3) is 0.0714. The van der Waals surface area contributed by atoms with Gasteiger partial charge >= 0.3 is 0 Å². The monoisotopic (exact) mass is 341 g/mol. The molecule has 1 aromatic carbocycles. The Kier molecular flexibility index (Phi) is 6.42. The smallest absolute Gasteiger partial charge is 0.155 e. The number of benzene rings is 1. The molecule has 0 saturated carbocycles. The van der Waals surface area contributed by atoms with Crippen molar-refractivity contribution in [1.29, 1.82) is 0 Å². The molecule has 0 radical (unpaired) electrons. The summed E-state index contributed by atoms with van der Waals surface area (Å²) < 4.78 is 13.0. The predicted octanol–water partition coefficient (Wildman–Crippen LogP) is 2.98. The second-order valence-electron chi connectivity index (χ2n) is 4.27. The fourth-order valence-corrected chi connectivity index (χ4v) is 1.98. The first-order chi connectivity index (χ1) is 9.78. The van der Waals surface area contributed by atoms with Crippen molar-refractivity contribution >= 4 is 24.8 Å². The van der Waals surface area contributed by atoms with Crippen molar-refractivity contribution in [3.63, 3.8) is 0 Å². The summed E-state index contributed by atoms with van der Waals surface area (Å²) in [5.74, 6) is 0.360. The number of hydrogen-bond donors (Lipinski definition) is 2. The molecule has 0 bridgehead atoms. The summed E-state index contributed by atoms with van der Waals surface area (Å²) in [6.07, 6.45) is 3.14. The van der Waals surface area contributed by atoms with Gasteiger partial charge < -0.3 is 5.73 Å². The Morgan fingerprint density at radius 3 is 2.41 bits per heavy atom. The molecule has 2 heterocycles. The lowest BCUT2D eigenvalue weighted by Gasteiger charge is -2.07. The minimum absolute atomic E-state index is 0. The van der Waals surface area contributed by atoms with E-state index < -0.39 is 0 Å². The highest BCUT2D eigenvalue weighted by molar-refractivity contribution is 5.85. The van der Waals surface area contributed by atoms with Crippen LogP contribution in [0, 0.1) is 5.82 Å². The van der Waals surface area contributed by atoms with Crippen LogP contribution in [0.3, 0.4) is 0 Å². The summed E-state index contributed by atoms with van der Waals surface area (Å²) in [6.45, 7) is 0.354. The van der Waals surface area contributed by atoms with Gasteiger partial charge in [0.2, 0.25) is 0 Å². The molecule has 0 aliphatic rings. The number of nitrogens with one attached hydrogen (secondary N) is 1. The zero-order valence-electron chi connectivity index (χ0n) is 11.4. The lowest BCUT2D eigenvalue weighted by Crippen LogP contribution is -2.01. The number of nitrogens with zero attached hydrogens (tertiary/aromatic N) is 3. The Morgan fingerprint density at radius 1 is 1.09 bits per heavy atom. The molecule has 8 heteroatoms. The first-order valence-corrected chi connectivity index (χ1v) is 6.08. The summed E-state index contributed by atoms with van der Waals surface area (Å²) in [5.41, 5.74) is 8.99. The van der Waals surface area contributed by atoms with E-state index >= 15 is 0 Å².